The molecule has 0 saturated heterocycles. The van der Waals surface area contributed by atoms with E-state index in [2.05, 4.69) is 32.9 Å². The molecule has 0 aliphatic heterocycles. The molecular weight excluding hydrogens is 236 g/mol. The normalized spacial score (nSPS) is 16.9. The number of anilines is 1. The quantitative estimate of drug-likeness (QED) is 0.908. The number of hydrogen-bond acceptors (Lipinski definition) is 2. The summed E-state index contributed by atoms with van der Waals surface area (Å²) in [7, 11) is 1.88. The van der Waals surface area contributed by atoms with Crippen LogP contribution in [0.2, 0.25) is 0 Å². The first-order valence-electron chi connectivity index (χ1n) is 6.97. The summed E-state index contributed by atoms with van der Waals surface area (Å²) in [5.41, 5.74) is 10.1. The van der Waals surface area contributed by atoms with Gasteiger partial charge in [0.1, 0.15) is 0 Å². The van der Waals surface area contributed by atoms with E-state index < -0.39 is 0 Å². The maximum absolute atomic E-state index is 12.7. The van der Waals surface area contributed by atoms with Gasteiger partial charge >= 0.3 is 0 Å². The second-order valence-corrected chi connectivity index (χ2v) is 5.95. The lowest BCUT2D eigenvalue weighted by Gasteiger charge is -2.42. The summed E-state index contributed by atoms with van der Waals surface area (Å²) >= 11 is 0. The van der Waals surface area contributed by atoms with Crippen LogP contribution in [0.4, 0.5) is 5.69 Å². The third-order valence-corrected chi connectivity index (χ3v) is 4.43. The van der Waals surface area contributed by atoms with E-state index in [-0.39, 0.29) is 11.3 Å². The van der Waals surface area contributed by atoms with E-state index in [1.54, 1.807) is 0 Å². The van der Waals surface area contributed by atoms with Crippen molar-refractivity contribution in [3.05, 3.63) is 28.8 Å². The molecule has 19 heavy (non-hydrogen) atoms. The van der Waals surface area contributed by atoms with Crippen LogP contribution < -0.4 is 10.6 Å². The summed E-state index contributed by atoms with van der Waals surface area (Å²) in [6, 6.07) is 4.25. The van der Waals surface area contributed by atoms with Crippen molar-refractivity contribution >= 4 is 11.6 Å². The Morgan fingerprint density at radius 1 is 1.26 bits per heavy atom. The minimum Gasteiger partial charge on any atom is -0.329 e. The predicted octanol–water partition coefficient (Wildman–Crippen LogP) is 2.70. The predicted molar refractivity (Wildman–Crippen MR) is 79.4 cm³/mol. The second kappa shape index (κ2) is 4.97. The molecule has 0 spiro atoms. The molecule has 0 atom stereocenters. The SMILES string of the molecule is Cc1cc(C)c(N(C)C(=O)C2(CN)CCC2)c(C)c1. The van der Waals surface area contributed by atoms with Gasteiger partial charge < -0.3 is 10.6 Å². The number of nitrogens with zero attached hydrogens (tertiary/aromatic N) is 1. The number of rotatable bonds is 3. The molecule has 0 heterocycles. The standard InChI is InChI=1S/C16H24N2O/c1-11-8-12(2)14(13(3)9-11)18(4)15(19)16(10-17)6-5-7-16/h8-9H,5-7,10,17H2,1-4H3. The van der Waals surface area contributed by atoms with Gasteiger partial charge in [0.25, 0.3) is 0 Å². The highest BCUT2D eigenvalue weighted by atomic mass is 16.2. The summed E-state index contributed by atoms with van der Waals surface area (Å²) in [5, 5.41) is 0. The molecule has 0 aromatic heterocycles. The molecule has 104 valence electrons. The molecule has 1 aromatic rings. The van der Waals surface area contributed by atoms with Crippen LogP contribution in [0.25, 0.3) is 0 Å². The van der Waals surface area contributed by atoms with Gasteiger partial charge in [0.05, 0.1) is 5.41 Å². The van der Waals surface area contributed by atoms with Gasteiger partial charge in [-0.2, -0.15) is 0 Å². The van der Waals surface area contributed by atoms with E-state index in [0.717, 1.165) is 36.1 Å². The van der Waals surface area contributed by atoms with Gasteiger partial charge in [-0.3, -0.25) is 4.79 Å². The second-order valence-electron chi connectivity index (χ2n) is 5.95. The Balaban J connectivity index is 2.34. The van der Waals surface area contributed by atoms with E-state index in [1.165, 1.54) is 5.56 Å². The van der Waals surface area contributed by atoms with E-state index in [4.69, 9.17) is 5.73 Å². The molecular formula is C16H24N2O. The molecule has 1 aromatic carbocycles. The lowest BCUT2D eigenvalue weighted by Crippen LogP contribution is -2.51. The summed E-state index contributed by atoms with van der Waals surface area (Å²) in [5.74, 6) is 0.177. The molecule has 0 unspecified atom stereocenters. The Labute approximate surface area is 115 Å². The third kappa shape index (κ3) is 2.27. The first-order chi connectivity index (χ1) is 8.91. The van der Waals surface area contributed by atoms with Crippen LogP contribution in [0.3, 0.4) is 0 Å². The highest BCUT2D eigenvalue weighted by Gasteiger charge is 2.44. The molecule has 0 bridgehead atoms. The zero-order valence-electron chi connectivity index (χ0n) is 12.4. The minimum atomic E-state index is -0.307. The van der Waals surface area contributed by atoms with Crippen molar-refractivity contribution in [1.29, 1.82) is 0 Å². The van der Waals surface area contributed by atoms with Crippen LogP contribution in [0.1, 0.15) is 36.0 Å². The van der Waals surface area contributed by atoms with Gasteiger partial charge in [-0.1, -0.05) is 24.1 Å². The van der Waals surface area contributed by atoms with Crippen LogP contribution in [0, 0.1) is 26.2 Å². The lowest BCUT2D eigenvalue weighted by atomic mass is 9.67. The van der Waals surface area contributed by atoms with E-state index in [1.807, 2.05) is 11.9 Å². The fraction of sp³-hybridized carbons (Fsp3) is 0.562. The van der Waals surface area contributed by atoms with Crippen molar-refractivity contribution in [1.82, 2.24) is 0 Å². The van der Waals surface area contributed by atoms with Crippen molar-refractivity contribution in [2.24, 2.45) is 11.1 Å². The fourth-order valence-corrected chi connectivity index (χ4v) is 3.27. The highest BCUT2D eigenvalue weighted by molar-refractivity contribution is 5.99. The lowest BCUT2D eigenvalue weighted by molar-refractivity contribution is -0.131. The Bertz CT molecular complexity index is 475. The van der Waals surface area contributed by atoms with Crippen molar-refractivity contribution in [3.63, 3.8) is 0 Å². The molecule has 1 aliphatic carbocycles. The average Bonchev–Trinajstić information content (AvgIpc) is 2.26. The monoisotopic (exact) mass is 260 g/mol. The number of aryl methyl sites for hydroxylation is 3. The van der Waals surface area contributed by atoms with E-state index in [0.29, 0.717) is 6.54 Å². The number of nitrogens with two attached hydrogens (primary N) is 1. The highest BCUT2D eigenvalue weighted by Crippen LogP contribution is 2.42. The zero-order chi connectivity index (χ0) is 14.2. The molecule has 1 fully saturated rings. The van der Waals surface area contributed by atoms with Gasteiger partial charge in [-0.25, -0.2) is 0 Å². The van der Waals surface area contributed by atoms with Gasteiger partial charge in [-0.15, -0.1) is 0 Å². The summed E-state index contributed by atoms with van der Waals surface area (Å²) in [6.07, 6.45) is 2.97. The van der Waals surface area contributed by atoms with Gasteiger partial charge in [0.15, 0.2) is 0 Å². The number of amides is 1. The third-order valence-electron chi connectivity index (χ3n) is 4.43. The molecule has 3 heteroatoms. The molecule has 1 saturated carbocycles. The number of hydrogen-bond donors (Lipinski definition) is 1. The molecule has 1 aliphatic rings. The first kappa shape index (κ1) is 14.1. The summed E-state index contributed by atoms with van der Waals surface area (Å²) < 4.78 is 0. The van der Waals surface area contributed by atoms with E-state index in [9.17, 15) is 4.79 Å². The Morgan fingerprint density at radius 3 is 2.16 bits per heavy atom. The van der Waals surface area contributed by atoms with Crippen molar-refractivity contribution in [2.75, 3.05) is 18.5 Å². The van der Waals surface area contributed by atoms with Crippen LogP contribution in [0.15, 0.2) is 12.1 Å². The van der Waals surface area contributed by atoms with Crippen LogP contribution >= 0.6 is 0 Å². The van der Waals surface area contributed by atoms with Gasteiger partial charge in [-0.05, 0) is 44.7 Å². The largest absolute Gasteiger partial charge is 0.329 e. The van der Waals surface area contributed by atoms with Crippen LogP contribution in [-0.2, 0) is 4.79 Å². The molecule has 2 N–H and O–H groups in total. The number of carbonyl (C=O) groups excluding carboxylic acids is 1. The maximum Gasteiger partial charge on any atom is 0.234 e. The Morgan fingerprint density at radius 2 is 1.79 bits per heavy atom. The summed E-state index contributed by atoms with van der Waals surface area (Å²) in [6.45, 7) is 6.67. The molecule has 0 radical (unpaired) electrons. The van der Waals surface area contributed by atoms with E-state index >= 15 is 0 Å². The first-order valence-corrected chi connectivity index (χ1v) is 6.97. The minimum absolute atomic E-state index is 0.177. The van der Waals surface area contributed by atoms with Crippen molar-refractivity contribution in [2.45, 2.75) is 40.0 Å². The fourth-order valence-electron chi connectivity index (χ4n) is 3.27. The molecule has 1 amide bonds. The van der Waals surface area contributed by atoms with Crippen LogP contribution in [0.5, 0.6) is 0 Å². The van der Waals surface area contributed by atoms with Crippen molar-refractivity contribution < 1.29 is 4.79 Å². The van der Waals surface area contributed by atoms with Crippen molar-refractivity contribution in [3.8, 4) is 0 Å². The zero-order valence-corrected chi connectivity index (χ0v) is 12.4. The smallest absolute Gasteiger partial charge is 0.234 e. The van der Waals surface area contributed by atoms with Gasteiger partial charge in [0, 0.05) is 19.3 Å². The maximum atomic E-state index is 12.7. The summed E-state index contributed by atoms with van der Waals surface area (Å²) in [4.78, 5) is 14.5. The molecule has 3 nitrogen and oxygen atoms in total. The topological polar surface area (TPSA) is 46.3 Å². The Kier molecular flexibility index (Phi) is 3.68. The van der Waals surface area contributed by atoms with Gasteiger partial charge in [0.2, 0.25) is 5.91 Å². The molecule has 2 rings (SSSR count). The number of benzene rings is 1. The number of carbonyl (C=O) groups is 1. The average molecular weight is 260 g/mol. The van der Waals surface area contributed by atoms with Crippen LogP contribution in [-0.4, -0.2) is 19.5 Å². The Hall–Kier alpha value is -1.35.